The quantitative estimate of drug-likeness (QED) is 0.613. The largest absolute Gasteiger partial charge is 0.329 e. The molecule has 0 spiro atoms. The Hall–Kier alpha value is -1.27. The number of halogens is 1. The van der Waals surface area contributed by atoms with Crippen molar-refractivity contribution in [1.29, 1.82) is 0 Å². The van der Waals surface area contributed by atoms with Crippen LogP contribution in [0.5, 0.6) is 0 Å². The van der Waals surface area contributed by atoms with Gasteiger partial charge in [0.1, 0.15) is 0 Å². The van der Waals surface area contributed by atoms with Crippen LogP contribution in [0, 0.1) is 10.1 Å². The van der Waals surface area contributed by atoms with Gasteiger partial charge in [0, 0.05) is 24.4 Å². The first-order valence-corrected chi connectivity index (χ1v) is 6.44. The van der Waals surface area contributed by atoms with Crippen molar-refractivity contribution in [1.82, 2.24) is 4.90 Å². The number of amides is 1. The van der Waals surface area contributed by atoms with Gasteiger partial charge in [-0.2, -0.15) is 0 Å². The first-order chi connectivity index (χ1) is 8.09. The Bertz CT molecular complexity index is 475. The fourth-order valence-electron chi connectivity index (χ4n) is 1.54. The van der Waals surface area contributed by atoms with Gasteiger partial charge in [0.2, 0.25) is 0 Å². The highest BCUT2D eigenvalue weighted by atomic mass is 35.5. The Kier molecular flexibility index (Phi) is 3.54. The Morgan fingerprint density at radius 1 is 1.53 bits per heavy atom. The van der Waals surface area contributed by atoms with E-state index >= 15 is 0 Å². The van der Waals surface area contributed by atoms with Crippen molar-refractivity contribution >= 4 is 35.0 Å². The number of nitrogens with zero attached hydrogens (tertiary/aromatic N) is 2. The summed E-state index contributed by atoms with van der Waals surface area (Å²) < 4.78 is 0. The molecule has 17 heavy (non-hydrogen) atoms. The Morgan fingerprint density at radius 3 is 2.82 bits per heavy atom. The number of benzene rings is 1. The van der Waals surface area contributed by atoms with E-state index in [1.165, 1.54) is 18.2 Å². The summed E-state index contributed by atoms with van der Waals surface area (Å²) in [5.41, 5.74) is 0.210. The van der Waals surface area contributed by atoms with Crippen LogP contribution >= 0.6 is 23.4 Å². The number of rotatable bonds is 2. The molecule has 1 amide bonds. The van der Waals surface area contributed by atoms with Crippen LogP contribution in [0.1, 0.15) is 10.4 Å². The van der Waals surface area contributed by atoms with Crippen LogP contribution < -0.4 is 0 Å². The van der Waals surface area contributed by atoms with Crippen molar-refractivity contribution in [3.63, 3.8) is 0 Å². The van der Waals surface area contributed by atoms with Crippen LogP contribution in [0.4, 0.5) is 5.69 Å². The summed E-state index contributed by atoms with van der Waals surface area (Å²) in [6.45, 7) is 0.691. The summed E-state index contributed by atoms with van der Waals surface area (Å²) in [7, 11) is 0. The minimum atomic E-state index is -0.536. The van der Waals surface area contributed by atoms with Crippen LogP contribution in [0.15, 0.2) is 18.2 Å². The molecule has 1 fully saturated rings. The SMILES string of the molecule is O=C(c1ccc([N+](=O)[O-])cc1Cl)N1CCSC1. The van der Waals surface area contributed by atoms with Crippen molar-refractivity contribution in [3.05, 3.63) is 38.9 Å². The molecule has 0 saturated carbocycles. The lowest BCUT2D eigenvalue weighted by atomic mass is 10.2. The molecule has 2 rings (SSSR count). The number of hydrogen-bond acceptors (Lipinski definition) is 4. The number of carbonyl (C=O) groups is 1. The summed E-state index contributed by atoms with van der Waals surface area (Å²) in [5, 5.41) is 10.7. The zero-order valence-electron chi connectivity index (χ0n) is 8.76. The van der Waals surface area contributed by atoms with Gasteiger partial charge >= 0.3 is 0 Å². The summed E-state index contributed by atoms with van der Waals surface area (Å²) in [5.74, 6) is 1.39. The van der Waals surface area contributed by atoms with Crippen LogP contribution in [0.2, 0.25) is 5.02 Å². The lowest BCUT2D eigenvalue weighted by molar-refractivity contribution is -0.384. The second kappa shape index (κ2) is 4.93. The maximum Gasteiger partial charge on any atom is 0.270 e. The fraction of sp³-hybridized carbons (Fsp3) is 0.300. The van der Waals surface area contributed by atoms with Gasteiger partial charge in [-0.1, -0.05) is 11.6 Å². The third-order valence-corrected chi connectivity index (χ3v) is 3.71. The highest BCUT2D eigenvalue weighted by Crippen LogP contribution is 2.25. The maximum atomic E-state index is 12.0. The Balaban J connectivity index is 2.26. The Morgan fingerprint density at radius 2 is 2.29 bits per heavy atom. The standard InChI is InChI=1S/C10H9ClN2O3S/c11-9-5-7(13(15)16)1-2-8(9)10(14)12-3-4-17-6-12/h1-2,5H,3-4,6H2. The number of nitro benzene ring substituents is 1. The molecule has 1 heterocycles. The minimum Gasteiger partial charge on any atom is -0.329 e. The van der Waals surface area contributed by atoms with Gasteiger partial charge in [0.15, 0.2) is 0 Å². The van der Waals surface area contributed by atoms with Crippen LogP contribution in [0.25, 0.3) is 0 Å². The van der Waals surface area contributed by atoms with Gasteiger partial charge in [0.05, 0.1) is 21.4 Å². The molecule has 1 aliphatic heterocycles. The van der Waals surface area contributed by atoms with E-state index < -0.39 is 4.92 Å². The zero-order valence-corrected chi connectivity index (χ0v) is 10.3. The van der Waals surface area contributed by atoms with E-state index in [-0.39, 0.29) is 16.6 Å². The highest BCUT2D eigenvalue weighted by Gasteiger charge is 2.22. The van der Waals surface area contributed by atoms with Gasteiger partial charge in [-0.25, -0.2) is 0 Å². The van der Waals surface area contributed by atoms with E-state index in [0.717, 1.165) is 5.75 Å². The number of non-ortho nitro benzene ring substituents is 1. The molecule has 1 saturated heterocycles. The second-order valence-electron chi connectivity index (χ2n) is 3.53. The molecule has 0 aliphatic carbocycles. The third kappa shape index (κ3) is 2.53. The lowest BCUT2D eigenvalue weighted by Gasteiger charge is -2.14. The predicted molar refractivity (Wildman–Crippen MR) is 66.5 cm³/mol. The summed E-state index contributed by atoms with van der Waals surface area (Å²) >= 11 is 7.56. The van der Waals surface area contributed by atoms with Gasteiger partial charge in [-0.15, -0.1) is 11.8 Å². The first-order valence-electron chi connectivity index (χ1n) is 4.90. The van der Waals surface area contributed by atoms with Gasteiger partial charge in [-0.3, -0.25) is 14.9 Å². The van der Waals surface area contributed by atoms with Crippen molar-refractivity contribution in [3.8, 4) is 0 Å². The molecule has 0 aromatic heterocycles. The number of hydrogen-bond donors (Lipinski definition) is 0. The third-order valence-electron chi connectivity index (χ3n) is 2.43. The summed E-state index contributed by atoms with van der Waals surface area (Å²) in [6, 6.07) is 3.91. The summed E-state index contributed by atoms with van der Waals surface area (Å²) in [6.07, 6.45) is 0. The van der Waals surface area contributed by atoms with Crippen LogP contribution in [-0.4, -0.2) is 33.9 Å². The first kappa shape index (κ1) is 12.2. The topological polar surface area (TPSA) is 63.4 Å². The molecular weight excluding hydrogens is 264 g/mol. The van der Waals surface area contributed by atoms with Gasteiger partial charge < -0.3 is 4.90 Å². The smallest absolute Gasteiger partial charge is 0.270 e. The molecule has 7 heteroatoms. The average molecular weight is 273 g/mol. The van der Waals surface area contributed by atoms with Gasteiger partial charge in [-0.05, 0) is 6.07 Å². The predicted octanol–water partition coefficient (Wildman–Crippen LogP) is 2.39. The van der Waals surface area contributed by atoms with Crippen molar-refractivity contribution in [2.45, 2.75) is 0 Å². The molecule has 5 nitrogen and oxygen atoms in total. The number of carbonyl (C=O) groups excluding carboxylic acids is 1. The van der Waals surface area contributed by atoms with Crippen LogP contribution in [-0.2, 0) is 0 Å². The molecule has 1 aromatic carbocycles. The van der Waals surface area contributed by atoms with Crippen molar-refractivity contribution in [2.24, 2.45) is 0 Å². The molecule has 1 aromatic rings. The van der Waals surface area contributed by atoms with E-state index in [2.05, 4.69) is 0 Å². The molecule has 90 valence electrons. The van der Waals surface area contributed by atoms with Crippen molar-refractivity contribution in [2.75, 3.05) is 18.2 Å². The zero-order chi connectivity index (χ0) is 12.4. The molecular formula is C10H9ClN2O3S. The Labute approximate surface area is 107 Å². The van der Waals surface area contributed by atoms with E-state index in [4.69, 9.17) is 11.6 Å². The molecule has 0 radical (unpaired) electrons. The molecule has 0 N–H and O–H groups in total. The second-order valence-corrected chi connectivity index (χ2v) is 5.01. The van der Waals surface area contributed by atoms with Crippen molar-refractivity contribution < 1.29 is 9.72 Å². The average Bonchev–Trinajstić information content (AvgIpc) is 2.81. The number of thioether (sulfide) groups is 1. The minimum absolute atomic E-state index is 0.109. The molecule has 0 unspecified atom stereocenters. The summed E-state index contributed by atoms with van der Waals surface area (Å²) in [4.78, 5) is 23.7. The van der Waals surface area contributed by atoms with E-state index in [1.807, 2.05) is 0 Å². The van der Waals surface area contributed by atoms with Gasteiger partial charge in [0.25, 0.3) is 11.6 Å². The van der Waals surface area contributed by atoms with Crippen LogP contribution in [0.3, 0.4) is 0 Å². The molecule has 0 atom stereocenters. The molecule has 1 aliphatic rings. The highest BCUT2D eigenvalue weighted by molar-refractivity contribution is 7.99. The van der Waals surface area contributed by atoms with E-state index in [9.17, 15) is 14.9 Å². The number of nitro groups is 1. The molecule has 0 bridgehead atoms. The van der Waals surface area contributed by atoms with E-state index in [0.29, 0.717) is 18.0 Å². The maximum absolute atomic E-state index is 12.0. The fourth-order valence-corrected chi connectivity index (χ4v) is 2.74. The lowest BCUT2D eigenvalue weighted by Crippen LogP contribution is -2.28. The van der Waals surface area contributed by atoms with E-state index in [1.54, 1.807) is 16.7 Å². The normalized spacial score (nSPS) is 15.0. The monoisotopic (exact) mass is 272 g/mol.